The van der Waals surface area contributed by atoms with Crippen LogP contribution in [0.1, 0.15) is 31.1 Å². The summed E-state index contributed by atoms with van der Waals surface area (Å²) in [6.45, 7) is 9.32. The normalized spacial score (nSPS) is 10.8. The highest BCUT2D eigenvalue weighted by molar-refractivity contribution is 7.99. The first-order chi connectivity index (χ1) is 8.17. The molecule has 17 heavy (non-hydrogen) atoms. The van der Waals surface area contributed by atoms with Gasteiger partial charge in [-0.1, -0.05) is 26.0 Å². The molecule has 0 bridgehead atoms. The third-order valence-electron chi connectivity index (χ3n) is 2.83. The number of carbonyl (C=O) groups excluding carboxylic acids is 1. The van der Waals surface area contributed by atoms with Crippen molar-refractivity contribution in [2.24, 2.45) is 0 Å². The number of rotatable bonds is 7. The van der Waals surface area contributed by atoms with Gasteiger partial charge in [-0.3, -0.25) is 4.79 Å². The maximum Gasteiger partial charge on any atom is 0.159 e. The molecule has 0 radical (unpaired) electrons. The highest BCUT2D eigenvalue weighted by Crippen LogP contribution is 2.18. The van der Waals surface area contributed by atoms with Crippen molar-refractivity contribution in [3.63, 3.8) is 0 Å². The lowest BCUT2D eigenvalue weighted by Crippen LogP contribution is -2.25. The van der Waals surface area contributed by atoms with Crippen LogP contribution in [-0.4, -0.2) is 36.1 Å². The molecule has 0 aliphatic rings. The molecule has 1 rings (SSSR count). The maximum absolute atomic E-state index is 11.1. The summed E-state index contributed by atoms with van der Waals surface area (Å²) < 4.78 is 0. The zero-order chi connectivity index (χ0) is 12.7. The van der Waals surface area contributed by atoms with Gasteiger partial charge >= 0.3 is 0 Å². The molecule has 0 heterocycles. The minimum atomic E-state index is 0.129. The molecule has 0 saturated heterocycles. The topological polar surface area (TPSA) is 20.3 Å². The van der Waals surface area contributed by atoms with E-state index in [-0.39, 0.29) is 5.78 Å². The lowest BCUT2D eigenvalue weighted by molar-refractivity contribution is 0.101. The van der Waals surface area contributed by atoms with Crippen molar-refractivity contribution in [1.82, 2.24) is 4.90 Å². The van der Waals surface area contributed by atoms with E-state index in [1.807, 2.05) is 36.0 Å². The number of carbonyl (C=O) groups is 1. The molecule has 3 heteroatoms. The minimum absolute atomic E-state index is 0.129. The van der Waals surface area contributed by atoms with E-state index < -0.39 is 0 Å². The lowest BCUT2D eigenvalue weighted by Gasteiger charge is -2.17. The Morgan fingerprint density at radius 2 is 1.76 bits per heavy atom. The van der Waals surface area contributed by atoms with Gasteiger partial charge < -0.3 is 4.90 Å². The highest BCUT2D eigenvalue weighted by Gasteiger charge is 2.01. The van der Waals surface area contributed by atoms with E-state index in [1.165, 1.54) is 4.90 Å². The molecule has 0 aliphatic carbocycles. The number of thioether (sulfide) groups is 1. The summed E-state index contributed by atoms with van der Waals surface area (Å²) in [6, 6.07) is 7.87. The third kappa shape index (κ3) is 4.92. The molecular formula is C14H21NOS. The SMILES string of the molecule is CCN(CC)CCSc1ccc(C(C)=O)cc1. The van der Waals surface area contributed by atoms with Crippen molar-refractivity contribution in [3.8, 4) is 0 Å². The van der Waals surface area contributed by atoms with Crippen LogP contribution in [-0.2, 0) is 0 Å². The van der Waals surface area contributed by atoms with Gasteiger partial charge in [-0.2, -0.15) is 0 Å². The number of hydrogen-bond acceptors (Lipinski definition) is 3. The molecule has 0 atom stereocenters. The first-order valence-corrected chi connectivity index (χ1v) is 7.12. The summed E-state index contributed by atoms with van der Waals surface area (Å²) in [5, 5.41) is 0. The second kappa shape index (κ2) is 7.51. The number of Topliss-reactive ketones (excluding diaryl/α,β-unsaturated/α-hetero) is 1. The fourth-order valence-electron chi connectivity index (χ4n) is 1.62. The molecule has 0 aromatic heterocycles. The lowest BCUT2D eigenvalue weighted by atomic mass is 10.2. The standard InChI is InChI=1S/C14H21NOS/c1-4-15(5-2)10-11-17-14-8-6-13(7-9-14)12(3)16/h6-9H,4-5,10-11H2,1-3H3. The Bertz CT molecular complexity index is 344. The summed E-state index contributed by atoms with van der Waals surface area (Å²) >= 11 is 1.85. The minimum Gasteiger partial charge on any atom is -0.303 e. The number of ketones is 1. The van der Waals surface area contributed by atoms with Crippen molar-refractivity contribution < 1.29 is 4.79 Å². The van der Waals surface area contributed by atoms with E-state index in [1.54, 1.807) is 6.92 Å². The largest absolute Gasteiger partial charge is 0.303 e. The average Bonchev–Trinajstić information content (AvgIpc) is 2.35. The zero-order valence-electron chi connectivity index (χ0n) is 10.9. The van der Waals surface area contributed by atoms with Gasteiger partial charge in [0, 0.05) is 22.8 Å². The zero-order valence-corrected chi connectivity index (χ0v) is 11.7. The van der Waals surface area contributed by atoms with Crippen LogP contribution < -0.4 is 0 Å². The second-order valence-electron chi connectivity index (χ2n) is 3.96. The molecule has 0 unspecified atom stereocenters. The van der Waals surface area contributed by atoms with Gasteiger partial charge in [0.25, 0.3) is 0 Å². The van der Waals surface area contributed by atoms with Crippen molar-refractivity contribution in [3.05, 3.63) is 29.8 Å². The maximum atomic E-state index is 11.1. The first kappa shape index (κ1) is 14.3. The van der Waals surface area contributed by atoms with Gasteiger partial charge in [0.05, 0.1) is 0 Å². The molecule has 1 aromatic carbocycles. The van der Waals surface area contributed by atoms with Crippen LogP contribution in [0.5, 0.6) is 0 Å². The third-order valence-corrected chi connectivity index (χ3v) is 3.82. The number of benzene rings is 1. The van der Waals surface area contributed by atoms with Gasteiger partial charge in [-0.05, 0) is 32.1 Å². The van der Waals surface area contributed by atoms with Gasteiger partial charge in [0.2, 0.25) is 0 Å². The van der Waals surface area contributed by atoms with Crippen molar-refractivity contribution >= 4 is 17.5 Å². The van der Waals surface area contributed by atoms with Gasteiger partial charge in [0.1, 0.15) is 0 Å². The Balaban J connectivity index is 2.39. The molecule has 0 fully saturated rings. The summed E-state index contributed by atoms with van der Waals surface area (Å²) in [5.74, 6) is 1.23. The monoisotopic (exact) mass is 251 g/mol. The molecule has 0 amide bonds. The number of nitrogens with zero attached hydrogens (tertiary/aromatic N) is 1. The van der Waals surface area contributed by atoms with Crippen molar-refractivity contribution in [2.45, 2.75) is 25.7 Å². The predicted octanol–water partition coefficient (Wildman–Crippen LogP) is 3.32. The van der Waals surface area contributed by atoms with E-state index in [9.17, 15) is 4.79 Å². The van der Waals surface area contributed by atoms with E-state index in [0.717, 1.165) is 31.0 Å². The van der Waals surface area contributed by atoms with Crippen LogP contribution >= 0.6 is 11.8 Å². The Morgan fingerprint density at radius 1 is 1.18 bits per heavy atom. The molecule has 0 saturated carbocycles. The molecule has 94 valence electrons. The fourth-order valence-corrected chi connectivity index (χ4v) is 2.53. The van der Waals surface area contributed by atoms with Crippen LogP contribution in [0.4, 0.5) is 0 Å². The molecule has 0 N–H and O–H groups in total. The van der Waals surface area contributed by atoms with Crippen LogP contribution in [0.15, 0.2) is 29.2 Å². The van der Waals surface area contributed by atoms with Crippen molar-refractivity contribution in [1.29, 1.82) is 0 Å². The van der Waals surface area contributed by atoms with E-state index in [0.29, 0.717) is 0 Å². The second-order valence-corrected chi connectivity index (χ2v) is 5.12. The van der Waals surface area contributed by atoms with E-state index in [4.69, 9.17) is 0 Å². The fraction of sp³-hybridized carbons (Fsp3) is 0.500. The Hall–Kier alpha value is -0.800. The highest BCUT2D eigenvalue weighted by atomic mass is 32.2. The average molecular weight is 251 g/mol. The summed E-state index contributed by atoms with van der Waals surface area (Å²) in [6.07, 6.45) is 0. The van der Waals surface area contributed by atoms with Crippen LogP contribution in [0, 0.1) is 0 Å². The van der Waals surface area contributed by atoms with Gasteiger partial charge in [-0.15, -0.1) is 11.8 Å². The van der Waals surface area contributed by atoms with Crippen LogP contribution in [0.2, 0.25) is 0 Å². The van der Waals surface area contributed by atoms with Crippen molar-refractivity contribution in [2.75, 3.05) is 25.4 Å². The Labute approximate surface area is 108 Å². The summed E-state index contributed by atoms with van der Waals surface area (Å²) in [7, 11) is 0. The molecular weight excluding hydrogens is 230 g/mol. The van der Waals surface area contributed by atoms with E-state index >= 15 is 0 Å². The van der Waals surface area contributed by atoms with E-state index in [2.05, 4.69) is 18.7 Å². The molecule has 1 aromatic rings. The Kier molecular flexibility index (Phi) is 6.30. The van der Waals surface area contributed by atoms with Gasteiger partial charge in [-0.25, -0.2) is 0 Å². The molecule has 2 nitrogen and oxygen atoms in total. The van der Waals surface area contributed by atoms with Gasteiger partial charge in [0.15, 0.2) is 5.78 Å². The summed E-state index contributed by atoms with van der Waals surface area (Å²) in [5.41, 5.74) is 0.790. The molecule has 0 spiro atoms. The smallest absolute Gasteiger partial charge is 0.159 e. The predicted molar refractivity (Wildman–Crippen MR) is 75.0 cm³/mol. The first-order valence-electron chi connectivity index (χ1n) is 6.13. The Morgan fingerprint density at radius 3 is 2.24 bits per heavy atom. The quantitative estimate of drug-likeness (QED) is 0.547. The van der Waals surface area contributed by atoms with Crippen LogP contribution in [0.3, 0.4) is 0 Å². The molecule has 0 aliphatic heterocycles. The number of hydrogen-bond donors (Lipinski definition) is 0. The summed E-state index contributed by atoms with van der Waals surface area (Å²) in [4.78, 5) is 14.8. The van der Waals surface area contributed by atoms with Crippen LogP contribution in [0.25, 0.3) is 0 Å².